The van der Waals surface area contributed by atoms with E-state index in [-0.39, 0.29) is 12.1 Å². The van der Waals surface area contributed by atoms with E-state index >= 15 is 0 Å². The molecule has 0 aliphatic heterocycles. The van der Waals surface area contributed by atoms with Crippen molar-refractivity contribution < 1.29 is 14.3 Å². The molecule has 12 heteroatoms. The molecule has 43 heavy (non-hydrogen) atoms. The van der Waals surface area contributed by atoms with Gasteiger partial charge < -0.3 is 20.4 Å². The number of pyridine rings is 1. The van der Waals surface area contributed by atoms with Crippen LogP contribution in [0, 0.1) is 6.92 Å². The van der Waals surface area contributed by atoms with Gasteiger partial charge in [-0.25, -0.2) is 14.3 Å². The number of urea groups is 1. The number of benzene rings is 3. The Kier molecular flexibility index (Phi) is 8.86. The Hall–Kier alpha value is -5.78. The maximum absolute atomic E-state index is 13.3. The average molecular weight is 579 g/mol. The van der Waals surface area contributed by atoms with Gasteiger partial charge in [-0.2, -0.15) is 0 Å². The molecule has 0 radical (unpaired) electrons. The van der Waals surface area contributed by atoms with Crippen molar-refractivity contribution >= 4 is 17.8 Å². The van der Waals surface area contributed by atoms with Gasteiger partial charge in [-0.3, -0.25) is 10.1 Å². The number of hydrogen-bond acceptors (Lipinski definition) is 7. The summed E-state index contributed by atoms with van der Waals surface area (Å²) in [6.07, 6.45) is 1.36. The molecule has 218 valence electrons. The molecule has 0 spiro atoms. The number of carbonyl (C=O) groups excluding carboxylic acids is 2. The highest BCUT2D eigenvalue weighted by atomic mass is 16.5. The summed E-state index contributed by atoms with van der Waals surface area (Å²) in [5.74, 6) is 0. The summed E-state index contributed by atoms with van der Waals surface area (Å²) in [4.78, 5) is 40.5. The number of aryl methyl sites for hydroxylation is 1. The minimum atomic E-state index is -0.576. The second kappa shape index (κ2) is 13.3. The molecule has 0 bridgehead atoms. The van der Waals surface area contributed by atoms with Crippen LogP contribution >= 0.6 is 0 Å². The Morgan fingerprint density at radius 1 is 0.977 bits per heavy atom. The maximum Gasteiger partial charge on any atom is 0.411 e. The molecule has 2 heterocycles. The molecule has 12 nitrogen and oxygen atoms in total. The van der Waals surface area contributed by atoms with E-state index in [4.69, 9.17) is 0 Å². The van der Waals surface area contributed by atoms with Crippen molar-refractivity contribution in [3.63, 3.8) is 0 Å². The first-order valence-electron chi connectivity index (χ1n) is 13.5. The van der Waals surface area contributed by atoms with Crippen LogP contribution in [0.5, 0.6) is 0 Å². The summed E-state index contributed by atoms with van der Waals surface area (Å²) < 4.78 is 6.18. The summed E-state index contributed by atoms with van der Waals surface area (Å²) in [5.41, 5.74) is 5.81. The van der Waals surface area contributed by atoms with Gasteiger partial charge >= 0.3 is 12.1 Å². The average Bonchev–Trinajstić information content (AvgIpc) is 3.55. The second-order valence-corrected chi connectivity index (χ2v) is 9.84. The number of hydrogen-bond donors (Lipinski definition) is 4. The quantitative estimate of drug-likeness (QED) is 0.203. The van der Waals surface area contributed by atoms with Crippen molar-refractivity contribution in [1.82, 2.24) is 35.8 Å². The molecular formula is C31H30N8O4. The number of H-pyrrole nitrogens is 1. The molecule has 2 aromatic heterocycles. The van der Waals surface area contributed by atoms with Crippen LogP contribution in [0.3, 0.4) is 0 Å². The number of nitrogens with one attached hydrogen (secondary N) is 4. The Bertz CT molecular complexity index is 1750. The summed E-state index contributed by atoms with van der Waals surface area (Å²) in [6.45, 7) is 2.19. The minimum absolute atomic E-state index is 0.225. The highest BCUT2D eigenvalue weighted by Crippen LogP contribution is 2.24. The number of amides is 3. The van der Waals surface area contributed by atoms with E-state index in [1.807, 2.05) is 61.5 Å². The smallest absolute Gasteiger partial charge is 0.411 e. The van der Waals surface area contributed by atoms with Gasteiger partial charge in [0.05, 0.1) is 18.8 Å². The predicted molar refractivity (Wildman–Crippen MR) is 161 cm³/mol. The van der Waals surface area contributed by atoms with Crippen molar-refractivity contribution in [2.75, 3.05) is 12.4 Å². The van der Waals surface area contributed by atoms with Gasteiger partial charge in [-0.05, 0) is 70.3 Å². The predicted octanol–water partition coefficient (Wildman–Crippen LogP) is 4.29. The fraction of sp³-hybridized carbons (Fsp3) is 0.161. The van der Waals surface area contributed by atoms with Crippen LogP contribution in [-0.2, 0) is 17.7 Å². The Morgan fingerprint density at radius 2 is 1.77 bits per heavy atom. The summed E-state index contributed by atoms with van der Waals surface area (Å²) >= 11 is 0. The number of rotatable bonds is 9. The van der Waals surface area contributed by atoms with Gasteiger partial charge in [0, 0.05) is 24.0 Å². The zero-order valence-electron chi connectivity index (χ0n) is 23.6. The zero-order chi connectivity index (χ0) is 30.2. The number of carbonyl (C=O) groups is 2. The van der Waals surface area contributed by atoms with Crippen LogP contribution in [0.1, 0.15) is 28.4 Å². The van der Waals surface area contributed by atoms with E-state index < -0.39 is 18.2 Å². The van der Waals surface area contributed by atoms with Gasteiger partial charge in [0.15, 0.2) is 0 Å². The molecular weight excluding hydrogens is 548 g/mol. The molecule has 0 aliphatic rings. The lowest BCUT2D eigenvalue weighted by Gasteiger charge is -2.21. The molecule has 3 amide bonds. The molecule has 1 unspecified atom stereocenters. The van der Waals surface area contributed by atoms with E-state index in [1.54, 1.807) is 28.9 Å². The molecule has 0 saturated carbocycles. The third-order valence-electron chi connectivity index (χ3n) is 6.75. The number of nitrogens with zero attached hydrogens (tertiary/aromatic N) is 4. The highest BCUT2D eigenvalue weighted by Gasteiger charge is 2.18. The van der Waals surface area contributed by atoms with Crippen molar-refractivity contribution in [3.05, 3.63) is 124 Å². The molecule has 5 rings (SSSR count). The van der Waals surface area contributed by atoms with Crippen molar-refractivity contribution in [1.29, 1.82) is 0 Å². The molecule has 0 aliphatic carbocycles. The number of ether oxygens (including phenoxy) is 1. The third-order valence-corrected chi connectivity index (χ3v) is 6.75. The highest BCUT2D eigenvalue weighted by molar-refractivity contribution is 5.85. The standard InChI is InChI=1S/C31H30N8O4/c1-20-8-13-28(39-19-33-37-38-39)24(14-20)18-32-30(41)36-26(15-21-6-4-3-5-7-21)27-16-23(17-29(40)35-27)22-9-11-25(12-10-22)34-31(42)43-2/h3-14,16-17,19,26H,15,18H2,1-2H3,(H,34,42)(H,35,40)(H2,32,36,41). The number of anilines is 1. The largest absolute Gasteiger partial charge is 0.453 e. The molecule has 5 aromatic rings. The molecule has 4 N–H and O–H groups in total. The van der Waals surface area contributed by atoms with E-state index in [2.05, 4.69) is 41.2 Å². The molecule has 3 aromatic carbocycles. The van der Waals surface area contributed by atoms with Crippen LogP contribution < -0.4 is 21.5 Å². The van der Waals surface area contributed by atoms with E-state index in [0.29, 0.717) is 23.4 Å². The van der Waals surface area contributed by atoms with Crippen LogP contribution in [0.15, 0.2) is 96.1 Å². The first-order valence-corrected chi connectivity index (χ1v) is 13.5. The van der Waals surface area contributed by atoms with Gasteiger partial charge in [-0.1, -0.05) is 60.2 Å². The van der Waals surface area contributed by atoms with Crippen LogP contribution in [0.2, 0.25) is 0 Å². The summed E-state index contributed by atoms with van der Waals surface area (Å²) in [5, 5.41) is 20.0. The minimum Gasteiger partial charge on any atom is -0.453 e. The zero-order valence-corrected chi connectivity index (χ0v) is 23.6. The van der Waals surface area contributed by atoms with Crippen molar-refractivity contribution in [2.45, 2.75) is 25.9 Å². The Balaban J connectivity index is 1.38. The fourth-order valence-corrected chi connectivity index (χ4v) is 4.66. The van der Waals surface area contributed by atoms with E-state index in [0.717, 1.165) is 27.9 Å². The normalized spacial score (nSPS) is 11.4. The van der Waals surface area contributed by atoms with Gasteiger partial charge in [0.25, 0.3) is 0 Å². The lowest BCUT2D eigenvalue weighted by molar-refractivity contribution is 0.187. The van der Waals surface area contributed by atoms with E-state index in [9.17, 15) is 14.4 Å². The number of aromatic amines is 1. The van der Waals surface area contributed by atoms with Gasteiger partial charge in [0.2, 0.25) is 5.56 Å². The van der Waals surface area contributed by atoms with Crippen molar-refractivity contribution in [3.8, 4) is 16.8 Å². The van der Waals surface area contributed by atoms with Crippen LogP contribution in [0.25, 0.3) is 16.8 Å². The second-order valence-electron chi connectivity index (χ2n) is 9.84. The number of methoxy groups -OCH3 is 1. The van der Waals surface area contributed by atoms with Gasteiger partial charge in [-0.15, -0.1) is 5.10 Å². The Labute approximate surface area is 247 Å². The lowest BCUT2D eigenvalue weighted by atomic mass is 9.99. The molecule has 0 saturated heterocycles. The Morgan fingerprint density at radius 3 is 2.49 bits per heavy atom. The van der Waals surface area contributed by atoms with Crippen molar-refractivity contribution in [2.24, 2.45) is 0 Å². The molecule has 0 fully saturated rings. The topological polar surface area (TPSA) is 156 Å². The molecule has 1 atom stereocenters. The monoisotopic (exact) mass is 578 g/mol. The third kappa shape index (κ3) is 7.50. The number of tetrazole rings is 1. The SMILES string of the molecule is COC(=O)Nc1ccc(-c2cc(C(Cc3ccccc3)NC(=O)NCc3cc(C)ccc3-n3cnnn3)[nH]c(=O)c2)cc1. The fourth-order valence-electron chi connectivity index (χ4n) is 4.66. The first kappa shape index (κ1) is 28.7. The van der Waals surface area contributed by atoms with Crippen LogP contribution in [-0.4, -0.2) is 44.4 Å². The lowest BCUT2D eigenvalue weighted by Crippen LogP contribution is -2.39. The summed E-state index contributed by atoms with van der Waals surface area (Å²) in [7, 11) is 1.29. The van der Waals surface area contributed by atoms with Gasteiger partial charge in [0.1, 0.15) is 6.33 Å². The maximum atomic E-state index is 13.3. The van der Waals surface area contributed by atoms with E-state index in [1.165, 1.54) is 19.5 Å². The summed E-state index contributed by atoms with van der Waals surface area (Å²) in [6, 6.07) is 24.9. The number of aromatic nitrogens is 5. The van der Waals surface area contributed by atoms with Crippen LogP contribution in [0.4, 0.5) is 15.3 Å². The first-order chi connectivity index (χ1) is 20.9.